The lowest BCUT2D eigenvalue weighted by molar-refractivity contribution is -0.157. The monoisotopic (exact) mass is 671 g/mol. The Hall–Kier alpha value is -5.53. The molecule has 49 heavy (non-hydrogen) atoms. The summed E-state index contributed by atoms with van der Waals surface area (Å²) in [7, 11) is 3.17. The summed E-state index contributed by atoms with van der Waals surface area (Å²) in [5.74, 6) is -0.870. The van der Waals surface area contributed by atoms with Crippen molar-refractivity contribution in [3.8, 4) is 11.5 Å². The lowest BCUT2D eigenvalue weighted by Gasteiger charge is -2.37. The van der Waals surface area contributed by atoms with E-state index in [1.165, 1.54) is 23.8 Å². The van der Waals surface area contributed by atoms with E-state index in [1.807, 2.05) is 78.9 Å². The quantitative estimate of drug-likeness (QED) is 0.145. The van der Waals surface area contributed by atoms with Gasteiger partial charge in [0.05, 0.1) is 33.7 Å². The number of carboxylic acids is 1. The molecule has 2 heterocycles. The van der Waals surface area contributed by atoms with Crippen molar-refractivity contribution in [3.05, 3.63) is 118 Å². The number of rotatable bonds is 14. The SMILES string of the molecule is COc1ccc(C(OCC2OC(n3ccc(NC(C)=O)nc3=O)CC2OC(=O)CCC(=O)O)(c2ccccc2)c2ccc(OC)cc2)cc1. The van der Waals surface area contributed by atoms with E-state index in [0.29, 0.717) is 11.5 Å². The molecule has 4 aromatic rings. The average molecular weight is 672 g/mol. The highest BCUT2D eigenvalue weighted by atomic mass is 16.6. The Bertz CT molecular complexity index is 1760. The second kappa shape index (κ2) is 15.6. The van der Waals surface area contributed by atoms with Gasteiger partial charge in [0.1, 0.15) is 41.4 Å². The number of ether oxygens (including phenoxy) is 5. The van der Waals surface area contributed by atoms with E-state index >= 15 is 0 Å². The Morgan fingerprint density at radius 2 is 1.49 bits per heavy atom. The van der Waals surface area contributed by atoms with Crippen LogP contribution in [0.1, 0.15) is 49.1 Å². The molecule has 3 atom stereocenters. The van der Waals surface area contributed by atoms with E-state index in [-0.39, 0.29) is 31.2 Å². The van der Waals surface area contributed by atoms with Crippen LogP contribution in [0, 0.1) is 0 Å². The predicted octanol–water partition coefficient (Wildman–Crippen LogP) is 4.29. The number of nitrogens with zero attached hydrogens (tertiary/aromatic N) is 2. The number of carboxylic acid groups (broad SMARTS) is 1. The van der Waals surface area contributed by atoms with Gasteiger partial charge in [0.2, 0.25) is 5.91 Å². The molecule has 13 heteroatoms. The lowest BCUT2D eigenvalue weighted by Crippen LogP contribution is -2.39. The third kappa shape index (κ3) is 8.13. The summed E-state index contributed by atoms with van der Waals surface area (Å²) in [5.41, 5.74) is 0.427. The van der Waals surface area contributed by atoms with E-state index in [2.05, 4.69) is 10.3 Å². The largest absolute Gasteiger partial charge is 0.497 e. The maximum Gasteiger partial charge on any atom is 0.351 e. The van der Waals surface area contributed by atoms with Crippen molar-refractivity contribution < 1.29 is 43.2 Å². The number of anilines is 1. The summed E-state index contributed by atoms with van der Waals surface area (Å²) in [6.45, 7) is 1.18. The highest BCUT2D eigenvalue weighted by Crippen LogP contribution is 2.43. The van der Waals surface area contributed by atoms with Gasteiger partial charge in [0, 0.05) is 19.5 Å². The number of carbonyl (C=O) groups is 3. The van der Waals surface area contributed by atoms with Crippen molar-refractivity contribution >= 4 is 23.7 Å². The fraction of sp³-hybridized carbons (Fsp3) is 0.306. The van der Waals surface area contributed by atoms with Gasteiger partial charge in [-0.2, -0.15) is 4.98 Å². The van der Waals surface area contributed by atoms with Crippen LogP contribution < -0.4 is 20.5 Å². The summed E-state index contributed by atoms with van der Waals surface area (Å²) in [6.07, 6.45) is -1.98. The fourth-order valence-electron chi connectivity index (χ4n) is 5.75. The number of carbonyl (C=O) groups excluding carboxylic acids is 2. The van der Waals surface area contributed by atoms with E-state index < -0.39 is 48.1 Å². The molecule has 0 radical (unpaired) electrons. The van der Waals surface area contributed by atoms with Crippen molar-refractivity contribution in [2.75, 3.05) is 26.1 Å². The minimum absolute atomic E-state index is 0.0529. The van der Waals surface area contributed by atoms with Gasteiger partial charge in [-0.05, 0) is 47.0 Å². The summed E-state index contributed by atoms with van der Waals surface area (Å²) >= 11 is 0. The van der Waals surface area contributed by atoms with Gasteiger partial charge < -0.3 is 34.1 Å². The van der Waals surface area contributed by atoms with Crippen molar-refractivity contribution in [3.63, 3.8) is 0 Å². The van der Waals surface area contributed by atoms with Gasteiger partial charge in [-0.3, -0.25) is 19.0 Å². The first kappa shape index (κ1) is 34.8. The van der Waals surface area contributed by atoms with Crippen LogP contribution in [-0.2, 0) is 34.2 Å². The molecule has 0 bridgehead atoms. The van der Waals surface area contributed by atoms with E-state index in [4.69, 9.17) is 28.8 Å². The van der Waals surface area contributed by atoms with Crippen LogP contribution in [0.15, 0.2) is 95.9 Å². The first-order valence-corrected chi connectivity index (χ1v) is 15.5. The fourth-order valence-corrected chi connectivity index (χ4v) is 5.75. The molecule has 3 aromatic carbocycles. The van der Waals surface area contributed by atoms with Crippen LogP contribution in [0.25, 0.3) is 0 Å². The predicted molar refractivity (Wildman–Crippen MR) is 176 cm³/mol. The van der Waals surface area contributed by atoms with Crippen LogP contribution in [0.2, 0.25) is 0 Å². The summed E-state index contributed by atoms with van der Waals surface area (Å²) in [6, 6.07) is 26.0. The second-order valence-corrected chi connectivity index (χ2v) is 11.3. The highest BCUT2D eigenvalue weighted by molar-refractivity contribution is 5.87. The summed E-state index contributed by atoms with van der Waals surface area (Å²) in [4.78, 5) is 52.3. The third-order valence-electron chi connectivity index (χ3n) is 8.09. The lowest BCUT2D eigenvalue weighted by atomic mass is 9.80. The van der Waals surface area contributed by atoms with E-state index in [0.717, 1.165) is 16.7 Å². The standard InChI is InChI=1S/C36H37N3O10/c1-23(40)37-31-19-20-39(35(44)38-31)32-21-29(49-34(43)18-17-33(41)42)30(48-32)22-47-36(24-7-5-4-6-8-24,25-9-13-27(45-2)14-10-25)26-11-15-28(46-3)16-12-26/h4-16,19-20,29-30,32H,17-18,21-22H2,1-3H3,(H,41,42)(H,37,38,40,44). The Balaban J connectivity index is 1.53. The van der Waals surface area contributed by atoms with Gasteiger partial charge in [-0.1, -0.05) is 54.6 Å². The third-order valence-corrected chi connectivity index (χ3v) is 8.09. The number of hydrogen-bond donors (Lipinski definition) is 2. The molecule has 1 aliphatic heterocycles. The molecule has 1 aromatic heterocycles. The first-order valence-electron chi connectivity index (χ1n) is 15.5. The maximum absolute atomic E-state index is 13.0. The van der Waals surface area contributed by atoms with E-state index in [1.54, 1.807) is 14.2 Å². The smallest absolute Gasteiger partial charge is 0.351 e. The Labute approximate surface area is 282 Å². The number of hydrogen-bond acceptors (Lipinski definition) is 10. The molecule has 1 fully saturated rings. The van der Waals surface area contributed by atoms with Crippen LogP contribution in [0.4, 0.5) is 5.82 Å². The zero-order valence-electron chi connectivity index (χ0n) is 27.2. The highest BCUT2D eigenvalue weighted by Gasteiger charge is 2.44. The number of esters is 1. The molecule has 1 saturated heterocycles. The maximum atomic E-state index is 13.0. The summed E-state index contributed by atoms with van der Waals surface area (Å²) < 4.78 is 31.1. The minimum Gasteiger partial charge on any atom is -0.497 e. The van der Waals surface area contributed by atoms with Crippen molar-refractivity contribution in [2.24, 2.45) is 0 Å². The molecule has 0 spiro atoms. The first-order chi connectivity index (χ1) is 23.6. The summed E-state index contributed by atoms with van der Waals surface area (Å²) in [5, 5.41) is 11.6. The zero-order chi connectivity index (χ0) is 35.0. The molecule has 256 valence electrons. The van der Waals surface area contributed by atoms with Gasteiger partial charge >= 0.3 is 17.6 Å². The molecule has 1 aliphatic rings. The number of benzene rings is 3. The van der Waals surface area contributed by atoms with Crippen LogP contribution in [0.5, 0.6) is 11.5 Å². The molecular weight excluding hydrogens is 634 g/mol. The van der Waals surface area contributed by atoms with Gasteiger partial charge in [0.15, 0.2) is 0 Å². The second-order valence-electron chi connectivity index (χ2n) is 11.3. The van der Waals surface area contributed by atoms with Crippen LogP contribution >= 0.6 is 0 Å². The molecule has 2 N–H and O–H groups in total. The molecule has 0 aliphatic carbocycles. The number of aromatic nitrogens is 2. The number of amides is 1. The zero-order valence-corrected chi connectivity index (χ0v) is 27.2. The van der Waals surface area contributed by atoms with E-state index in [9.17, 15) is 19.2 Å². The minimum atomic E-state index is -1.21. The van der Waals surface area contributed by atoms with Gasteiger partial charge in [0.25, 0.3) is 0 Å². The molecule has 13 nitrogen and oxygen atoms in total. The van der Waals surface area contributed by atoms with Crippen LogP contribution in [-0.4, -0.2) is 65.5 Å². The Kier molecular flexibility index (Phi) is 11.1. The molecular formula is C36H37N3O10. The van der Waals surface area contributed by atoms with Crippen molar-refractivity contribution in [1.29, 1.82) is 0 Å². The molecule has 0 saturated carbocycles. The number of methoxy groups -OCH3 is 2. The average Bonchev–Trinajstić information content (AvgIpc) is 3.50. The topological polar surface area (TPSA) is 165 Å². The van der Waals surface area contributed by atoms with Crippen molar-refractivity contribution in [2.45, 2.75) is 50.2 Å². The molecule has 5 rings (SSSR count). The Morgan fingerprint density at radius 1 is 0.898 bits per heavy atom. The molecule has 3 unspecified atom stereocenters. The van der Waals surface area contributed by atoms with Crippen molar-refractivity contribution in [1.82, 2.24) is 9.55 Å². The Morgan fingerprint density at radius 3 is 2.02 bits per heavy atom. The van der Waals surface area contributed by atoms with Gasteiger partial charge in [-0.15, -0.1) is 0 Å². The molecule has 1 amide bonds. The normalized spacial score (nSPS) is 17.2. The number of aliphatic carboxylic acids is 1. The van der Waals surface area contributed by atoms with Crippen LogP contribution in [0.3, 0.4) is 0 Å². The number of nitrogens with one attached hydrogen (secondary N) is 1. The van der Waals surface area contributed by atoms with Gasteiger partial charge in [-0.25, -0.2) is 4.79 Å².